The molecule has 0 aliphatic carbocycles. The van der Waals surface area contributed by atoms with E-state index in [9.17, 15) is 0 Å². The zero-order chi connectivity index (χ0) is 11.7. The molecule has 15 heavy (non-hydrogen) atoms. The number of hydrogen-bond acceptors (Lipinski definition) is 0. The maximum Gasteiger partial charge on any atom is 0.0388 e. The lowest BCUT2D eigenvalue weighted by molar-refractivity contribution is 0.671. The zero-order valence-corrected chi connectivity index (χ0v) is 11.3. The van der Waals surface area contributed by atoms with Gasteiger partial charge < -0.3 is 0 Å². The number of aryl methyl sites for hydroxylation is 1. The van der Waals surface area contributed by atoms with E-state index in [0.717, 1.165) is 12.8 Å². The predicted molar refractivity (Wildman–Crippen MR) is 71.1 cm³/mol. The first-order valence-electron chi connectivity index (χ1n) is 5.28. The Hall–Kier alpha value is -0.200. The summed E-state index contributed by atoms with van der Waals surface area (Å²) in [4.78, 5) is 0.0139. The Balaban J connectivity index is 0.000000288. The van der Waals surface area contributed by atoms with Gasteiger partial charge in [-0.2, -0.15) is 0 Å². The molecule has 0 heterocycles. The first kappa shape index (κ1) is 14.8. The van der Waals surface area contributed by atoms with E-state index in [-0.39, 0.29) is 4.87 Å². The second-order valence-corrected chi connectivity index (χ2v) is 5.40. The molecule has 0 aliphatic rings. The van der Waals surface area contributed by atoms with Crippen molar-refractivity contribution in [3.8, 4) is 0 Å². The minimum absolute atomic E-state index is 0.0139. The van der Waals surface area contributed by atoms with E-state index < -0.39 is 0 Å². The highest BCUT2D eigenvalue weighted by molar-refractivity contribution is 6.23. The van der Waals surface area contributed by atoms with Gasteiger partial charge in [-0.05, 0) is 32.3 Å². The van der Waals surface area contributed by atoms with E-state index in [1.54, 1.807) is 0 Å². The molecular weight excluding hydrogens is 227 g/mol. The van der Waals surface area contributed by atoms with Crippen molar-refractivity contribution in [2.75, 3.05) is 5.88 Å². The van der Waals surface area contributed by atoms with Gasteiger partial charge in [-0.25, -0.2) is 0 Å². The normalized spacial score (nSPS) is 10.5. The van der Waals surface area contributed by atoms with Gasteiger partial charge in [0.15, 0.2) is 0 Å². The summed E-state index contributed by atoms with van der Waals surface area (Å²) in [6, 6.07) is 10.2. The molecule has 1 aromatic carbocycles. The molecule has 0 atom stereocenters. The summed E-state index contributed by atoms with van der Waals surface area (Å²) < 4.78 is 0. The van der Waals surface area contributed by atoms with Gasteiger partial charge in [-0.15, -0.1) is 23.2 Å². The zero-order valence-electron chi connectivity index (χ0n) is 9.76. The largest absolute Gasteiger partial charge is 0.126 e. The van der Waals surface area contributed by atoms with Crippen molar-refractivity contribution in [2.45, 2.75) is 38.5 Å². The molecule has 86 valence electrons. The van der Waals surface area contributed by atoms with E-state index >= 15 is 0 Å². The fraction of sp³-hybridized carbons (Fsp3) is 0.538. The van der Waals surface area contributed by atoms with Crippen molar-refractivity contribution < 1.29 is 0 Å². The number of halogens is 2. The monoisotopic (exact) mass is 246 g/mol. The first-order chi connectivity index (χ1) is 6.99. The SMILES string of the molecule is CCC(C)(C)Cl.ClCCc1ccccc1. The van der Waals surface area contributed by atoms with Gasteiger partial charge in [-0.1, -0.05) is 37.3 Å². The molecule has 0 aromatic heterocycles. The second kappa shape index (κ2) is 8.01. The van der Waals surface area contributed by atoms with Crippen LogP contribution in [0.1, 0.15) is 32.8 Å². The van der Waals surface area contributed by atoms with Gasteiger partial charge in [0.25, 0.3) is 0 Å². The lowest BCUT2D eigenvalue weighted by atomic mass is 10.1. The molecule has 0 spiro atoms. The van der Waals surface area contributed by atoms with Gasteiger partial charge in [-0.3, -0.25) is 0 Å². The third kappa shape index (κ3) is 10.1. The molecule has 0 saturated heterocycles. The standard InChI is InChI=1S/C8H9Cl.C5H11Cl/c9-7-6-8-4-2-1-3-5-8;1-4-5(2,3)6/h1-5H,6-7H2;4H2,1-3H3. The van der Waals surface area contributed by atoms with E-state index in [0.29, 0.717) is 5.88 Å². The van der Waals surface area contributed by atoms with Crippen LogP contribution in [-0.2, 0) is 6.42 Å². The first-order valence-corrected chi connectivity index (χ1v) is 6.19. The highest BCUT2D eigenvalue weighted by atomic mass is 35.5. The van der Waals surface area contributed by atoms with Crippen LogP contribution in [-0.4, -0.2) is 10.8 Å². The Kier molecular flexibility index (Phi) is 7.90. The molecule has 0 nitrogen and oxygen atoms in total. The predicted octanol–water partition coefficient (Wildman–Crippen LogP) is 4.88. The third-order valence-electron chi connectivity index (χ3n) is 2.07. The quantitative estimate of drug-likeness (QED) is 0.667. The fourth-order valence-electron chi connectivity index (χ4n) is 0.754. The molecular formula is C13H20Cl2. The summed E-state index contributed by atoms with van der Waals surface area (Å²) in [5.41, 5.74) is 1.31. The van der Waals surface area contributed by atoms with Gasteiger partial charge in [0.1, 0.15) is 0 Å². The molecule has 2 heteroatoms. The molecule has 1 rings (SSSR count). The summed E-state index contributed by atoms with van der Waals surface area (Å²) in [6.45, 7) is 6.09. The minimum Gasteiger partial charge on any atom is -0.126 e. The molecule has 0 N–H and O–H groups in total. The molecule has 0 aliphatic heterocycles. The van der Waals surface area contributed by atoms with Crippen molar-refractivity contribution in [2.24, 2.45) is 0 Å². The topological polar surface area (TPSA) is 0 Å². The number of benzene rings is 1. The molecule has 0 unspecified atom stereocenters. The van der Waals surface area contributed by atoms with E-state index in [4.69, 9.17) is 23.2 Å². The van der Waals surface area contributed by atoms with Crippen LogP contribution in [0.4, 0.5) is 0 Å². The molecule has 1 aromatic rings. The summed E-state index contributed by atoms with van der Waals surface area (Å²) in [5, 5.41) is 0. The van der Waals surface area contributed by atoms with Crippen LogP contribution >= 0.6 is 23.2 Å². The van der Waals surface area contributed by atoms with Crippen LogP contribution in [0.3, 0.4) is 0 Å². The van der Waals surface area contributed by atoms with Gasteiger partial charge in [0.2, 0.25) is 0 Å². The second-order valence-electron chi connectivity index (χ2n) is 4.00. The highest BCUT2D eigenvalue weighted by Crippen LogP contribution is 2.15. The molecule has 0 radical (unpaired) electrons. The number of hydrogen-bond donors (Lipinski definition) is 0. The van der Waals surface area contributed by atoms with Crippen LogP contribution < -0.4 is 0 Å². The van der Waals surface area contributed by atoms with Crippen molar-refractivity contribution in [3.63, 3.8) is 0 Å². The van der Waals surface area contributed by atoms with Crippen molar-refractivity contribution in [3.05, 3.63) is 35.9 Å². The Bertz CT molecular complexity index is 236. The average Bonchev–Trinajstić information content (AvgIpc) is 2.20. The Morgan fingerprint density at radius 2 is 1.60 bits per heavy atom. The Labute approximate surface area is 104 Å². The van der Waals surface area contributed by atoms with Crippen LogP contribution in [0, 0.1) is 0 Å². The lowest BCUT2D eigenvalue weighted by Gasteiger charge is -2.09. The van der Waals surface area contributed by atoms with Crippen molar-refractivity contribution >= 4 is 23.2 Å². The van der Waals surface area contributed by atoms with Gasteiger partial charge in [0, 0.05) is 10.8 Å². The third-order valence-corrected chi connectivity index (χ3v) is 2.52. The van der Waals surface area contributed by atoms with Crippen LogP contribution in [0.15, 0.2) is 30.3 Å². The van der Waals surface area contributed by atoms with E-state index in [1.165, 1.54) is 5.56 Å². The average molecular weight is 247 g/mol. The van der Waals surface area contributed by atoms with Crippen LogP contribution in [0.5, 0.6) is 0 Å². The van der Waals surface area contributed by atoms with E-state index in [2.05, 4.69) is 19.1 Å². The molecule has 0 fully saturated rings. The maximum absolute atomic E-state index is 5.72. The summed E-state index contributed by atoms with van der Waals surface area (Å²) in [6.07, 6.45) is 2.01. The Morgan fingerprint density at radius 3 is 1.93 bits per heavy atom. The summed E-state index contributed by atoms with van der Waals surface area (Å²) >= 11 is 11.3. The van der Waals surface area contributed by atoms with E-state index in [1.807, 2.05) is 32.0 Å². The van der Waals surface area contributed by atoms with Crippen molar-refractivity contribution in [1.82, 2.24) is 0 Å². The molecule has 0 bridgehead atoms. The summed E-state index contributed by atoms with van der Waals surface area (Å²) in [5.74, 6) is 0.712. The lowest BCUT2D eigenvalue weighted by Crippen LogP contribution is -2.05. The molecule has 0 saturated carbocycles. The fourth-order valence-corrected chi connectivity index (χ4v) is 0.972. The Morgan fingerprint density at radius 1 is 1.13 bits per heavy atom. The minimum atomic E-state index is 0.0139. The number of rotatable bonds is 3. The highest BCUT2D eigenvalue weighted by Gasteiger charge is 2.06. The van der Waals surface area contributed by atoms with Gasteiger partial charge >= 0.3 is 0 Å². The molecule has 0 amide bonds. The smallest absolute Gasteiger partial charge is 0.0388 e. The summed E-state index contributed by atoms with van der Waals surface area (Å²) in [7, 11) is 0. The van der Waals surface area contributed by atoms with Crippen molar-refractivity contribution in [1.29, 1.82) is 0 Å². The maximum atomic E-state index is 5.72. The van der Waals surface area contributed by atoms with Crippen LogP contribution in [0.2, 0.25) is 0 Å². The van der Waals surface area contributed by atoms with Gasteiger partial charge in [0.05, 0.1) is 0 Å². The van der Waals surface area contributed by atoms with Crippen LogP contribution in [0.25, 0.3) is 0 Å². The number of alkyl halides is 2.